The van der Waals surface area contributed by atoms with E-state index in [1.807, 2.05) is 0 Å². The molecule has 0 radical (unpaired) electrons. The van der Waals surface area contributed by atoms with Crippen LogP contribution in [-0.4, -0.2) is 18.2 Å². The van der Waals surface area contributed by atoms with Crippen molar-refractivity contribution in [2.45, 2.75) is 16.7 Å². The number of hydrogen-bond donors (Lipinski definition) is 2. The van der Waals surface area contributed by atoms with Crippen molar-refractivity contribution in [1.82, 2.24) is 0 Å². The van der Waals surface area contributed by atoms with Gasteiger partial charge in [-0.2, -0.15) is 8.42 Å². The van der Waals surface area contributed by atoms with E-state index >= 15 is 0 Å². The summed E-state index contributed by atoms with van der Waals surface area (Å²) in [5.41, 5.74) is 0.648. The molecule has 2 aromatic carbocycles. The van der Waals surface area contributed by atoms with Crippen molar-refractivity contribution < 1.29 is 27.6 Å². The molecular formula is C11H10O6S2. The molecule has 6 nitrogen and oxygen atoms in total. The molecule has 2 aromatic rings. The fourth-order valence-electron chi connectivity index (χ4n) is 1.89. The zero-order chi connectivity index (χ0) is 14.0. The quantitative estimate of drug-likeness (QED) is 0.388. The smallest absolute Gasteiger partial charge is 0.282 e. The second kappa shape index (κ2) is 5.45. The Labute approximate surface area is 113 Å². The number of rotatable bonds is 4. The topological polar surface area (TPSA) is 93.1 Å². The SMILES string of the molecule is Cc1cc(SOOO)cc2cccc(S(=O)(=O)O)c12. The van der Waals surface area contributed by atoms with E-state index in [0.717, 1.165) is 12.0 Å². The molecule has 0 heterocycles. The normalized spacial score (nSPS) is 11.9. The van der Waals surface area contributed by atoms with Crippen molar-refractivity contribution in [3.8, 4) is 0 Å². The van der Waals surface area contributed by atoms with Gasteiger partial charge in [-0.3, -0.25) is 4.55 Å². The van der Waals surface area contributed by atoms with Gasteiger partial charge in [0.1, 0.15) is 4.90 Å². The Kier molecular flexibility index (Phi) is 4.09. The second-order valence-corrected chi connectivity index (χ2v) is 5.96. The largest absolute Gasteiger partial charge is 0.295 e. The van der Waals surface area contributed by atoms with Gasteiger partial charge in [0, 0.05) is 10.3 Å². The highest BCUT2D eigenvalue weighted by Gasteiger charge is 2.16. The number of benzene rings is 2. The fraction of sp³-hybridized carbons (Fsp3) is 0.0909. The number of aryl methyl sites for hydroxylation is 1. The third-order valence-electron chi connectivity index (χ3n) is 2.55. The van der Waals surface area contributed by atoms with E-state index in [1.165, 1.54) is 12.1 Å². The molecule has 0 atom stereocenters. The van der Waals surface area contributed by atoms with Crippen molar-refractivity contribution in [3.05, 3.63) is 35.9 Å². The van der Waals surface area contributed by atoms with Gasteiger partial charge >= 0.3 is 0 Å². The van der Waals surface area contributed by atoms with Crippen LogP contribution < -0.4 is 0 Å². The average molecular weight is 302 g/mol. The predicted octanol–water partition coefficient (Wildman–Crippen LogP) is 2.82. The Balaban J connectivity index is 2.66. The van der Waals surface area contributed by atoms with Crippen molar-refractivity contribution in [2.75, 3.05) is 0 Å². The van der Waals surface area contributed by atoms with E-state index in [1.54, 1.807) is 25.1 Å². The van der Waals surface area contributed by atoms with Gasteiger partial charge in [0.2, 0.25) is 0 Å². The van der Waals surface area contributed by atoms with Gasteiger partial charge in [-0.25, -0.2) is 5.26 Å². The Bertz CT molecular complexity index is 710. The van der Waals surface area contributed by atoms with E-state index in [0.29, 0.717) is 21.2 Å². The van der Waals surface area contributed by atoms with E-state index in [4.69, 9.17) is 5.26 Å². The van der Waals surface area contributed by atoms with Crippen LogP contribution in [0.3, 0.4) is 0 Å². The summed E-state index contributed by atoms with van der Waals surface area (Å²) in [6.45, 7) is 1.71. The van der Waals surface area contributed by atoms with Gasteiger partial charge in [0.25, 0.3) is 10.1 Å². The van der Waals surface area contributed by atoms with Crippen molar-refractivity contribution >= 4 is 32.9 Å². The van der Waals surface area contributed by atoms with E-state index in [2.05, 4.69) is 9.37 Å². The van der Waals surface area contributed by atoms with Crippen molar-refractivity contribution in [3.63, 3.8) is 0 Å². The zero-order valence-electron chi connectivity index (χ0n) is 9.73. The molecule has 0 saturated carbocycles. The molecule has 0 amide bonds. The van der Waals surface area contributed by atoms with Gasteiger partial charge in [-0.05, 0) is 36.1 Å². The van der Waals surface area contributed by atoms with Crippen LogP contribution in [0.5, 0.6) is 0 Å². The monoisotopic (exact) mass is 302 g/mol. The number of fused-ring (bicyclic) bond motifs is 1. The van der Waals surface area contributed by atoms with E-state index in [-0.39, 0.29) is 4.90 Å². The number of hydrogen-bond acceptors (Lipinski definition) is 6. The molecule has 2 rings (SSSR count). The molecule has 19 heavy (non-hydrogen) atoms. The molecule has 0 aliphatic carbocycles. The van der Waals surface area contributed by atoms with Crippen LogP contribution in [0.1, 0.15) is 5.56 Å². The first kappa shape index (κ1) is 14.3. The highest BCUT2D eigenvalue weighted by atomic mass is 32.2. The first-order valence-corrected chi connectivity index (χ1v) is 7.27. The maximum atomic E-state index is 11.3. The minimum absolute atomic E-state index is 0.140. The highest BCUT2D eigenvalue weighted by molar-refractivity contribution is 7.94. The Hall–Kier alpha value is -1.16. The Morgan fingerprint density at radius 2 is 2.00 bits per heavy atom. The lowest BCUT2D eigenvalue weighted by Crippen LogP contribution is -2.00. The predicted molar refractivity (Wildman–Crippen MR) is 69.2 cm³/mol. The summed E-state index contributed by atoms with van der Waals surface area (Å²) in [5, 5.41) is 12.7. The lowest BCUT2D eigenvalue weighted by molar-refractivity contribution is -0.432. The van der Waals surface area contributed by atoms with Gasteiger partial charge in [-0.1, -0.05) is 17.2 Å². The van der Waals surface area contributed by atoms with Crippen molar-refractivity contribution in [2.24, 2.45) is 0 Å². The van der Waals surface area contributed by atoms with Crippen molar-refractivity contribution in [1.29, 1.82) is 0 Å². The van der Waals surface area contributed by atoms with Crippen LogP contribution >= 0.6 is 12.0 Å². The fourth-order valence-corrected chi connectivity index (χ4v) is 3.18. The molecular weight excluding hydrogens is 292 g/mol. The van der Waals surface area contributed by atoms with Gasteiger partial charge in [0.15, 0.2) is 0 Å². The minimum atomic E-state index is -4.28. The second-order valence-electron chi connectivity index (χ2n) is 3.80. The van der Waals surface area contributed by atoms with Gasteiger partial charge in [-0.15, -0.1) is 4.33 Å². The maximum Gasteiger partial charge on any atom is 0.295 e. The summed E-state index contributed by atoms with van der Waals surface area (Å²) in [6.07, 6.45) is 0. The van der Waals surface area contributed by atoms with Crippen LogP contribution in [0.25, 0.3) is 10.8 Å². The van der Waals surface area contributed by atoms with Crippen LogP contribution in [0.2, 0.25) is 0 Å². The molecule has 8 heteroatoms. The molecule has 0 aromatic heterocycles. The Morgan fingerprint density at radius 1 is 1.26 bits per heavy atom. The molecule has 0 saturated heterocycles. The van der Waals surface area contributed by atoms with Crippen LogP contribution in [0, 0.1) is 6.92 Å². The first-order chi connectivity index (χ1) is 8.93. The summed E-state index contributed by atoms with van der Waals surface area (Å²) in [6, 6.07) is 7.88. The molecule has 2 N–H and O–H groups in total. The third kappa shape index (κ3) is 3.06. The van der Waals surface area contributed by atoms with Crippen LogP contribution in [0.4, 0.5) is 0 Å². The summed E-state index contributed by atoms with van der Waals surface area (Å²) in [5.74, 6) is 0. The average Bonchev–Trinajstić information content (AvgIpc) is 2.34. The molecule has 0 aliphatic heterocycles. The van der Waals surface area contributed by atoms with Gasteiger partial charge in [0.05, 0.1) is 12.0 Å². The Morgan fingerprint density at radius 3 is 2.63 bits per heavy atom. The molecule has 0 spiro atoms. The lowest BCUT2D eigenvalue weighted by Gasteiger charge is -2.09. The third-order valence-corrected chi connectivity index (χ3v) is 4.00. The molecule has 0 unspecified atom stereocenters. The maximum absolute atomic E-state index is 11.3. The lowest BCUT2D eigenvalue weighted by atomic mass is 10.1. The summed E-state index contributed by atoms with van der Waals surface area (Å²) in [4.78, 5) is 0.477. The molecule has 102 valence electrons. The standard InChI is InChI=1S/C11H10O6S2/c1-7-5-9(18-17-16-12)6-8-3-2-4-10(11(7)8)19(13,14)15/h2-6,12H,1H3,(H,13,14,15). The van der Waals surface area contributed by atoms with Gasteiger partial charge < -0.3 is 0 Å². The first-order valence-electron chi connectivity index (χ1n) is 5.09. The van der Waals surface area contributed by atoms with E-state index in [9.17, 15) is 13.0 Å². The summed E-state index contributed by atoms with van der Waals surface area (Å²) < 4.78 is 36.2. The van der Waals surface area contributed by atoms with Crippen LogP contribution in [0.15, 0.2) is 40.1 Å². The highest BCUT2D eigenvalue weighted by Crippen LogP contribution is 2.31. The molecule has 0 aliphatic rings. The van der Waals surface area contributed by atoms with E-state index < -0.39 is 10.1 Å². The zero-order valence-corrected chi connectivity index (χ0v) is 11.4. The minimum Gasteiger partial charge on any atom is -0.282 e. The van der Waals surface area contributed by atoms with Crippen LogP contribution in [-0.2, 0) is 19.5 Å². The summed E-state index contributed by atoms with van der Waals surface area (Å²) >= 11 is 0.779. The molecule has 0 fully saturated rings. The summed E-state index contributed by atoms with van der Waals surface area (Å²) in [7, 11) is -4.28. The molecule has 0 bridgehead atoms.